The zero-order chi connectivity index (χ0) is 14.2. The Morgan fingerprint density at radius 3 is 2.80 bits per heavy atom. The predicted octanol–water partition coefficient (Wildman–Crippen LogP) is 3.06. The molecular formula is C14H24N4OS. The number of aromatic amines is 1. The summed E-state index contributed by atoms with van der Waals surface area (Å²) < 4.78 is 8.69. The fourth-order valence-electron chi connectivity index (χ4n) is 3.55. The van der Waals surface area contributed by atoms with Gasteiger partial charge in [-0.1, -0.05) is 12.8 Å². The summed E-state index contributed by atoms with van der Waals surface area (Å²) in [5.74, 6) is 1.00. The number of ether oxygens (including phenoxy) is 1. The lowest BCUT2D eigenvalue weighted by atomic mass is 9.95. The third-order valence-electron chi connectivity index (χ3n) is 4.81. The topological polar surface area (TPSA) is 46.1 Å². The number of nitrogens with one attached hydrogen (secondary N) is 1. The van der Waals surface area contributed by atoms with Gasteiger partial charge in [0.15, 0.2) is 4.77 Å². The monoisotopic (exact) mass is 296 g/mol. The van der Waals surface area contributed by atoms with Crippen LogP contribution in [0.25, 0.3) is 0 Å². The Bertz CT molecular complexity index is 519. The van der Waals surface area contributed by atoms with Gasteiger partial charge in [-0.2, -0.15) is 0 Å². The maximum atomic E-state index is 5.69. The highest BCUT2D eigenvalue weighted by Gasteiger charge is 2.34. The average Bonchev–Trinajstić information content (AvgIpc) is 3.07. The summed E-state index contributed by atoms with van der Waals surface area (Å²) in [4.78, 5) is 2.33. The smallest absolute Gasteiger partial charge is 0.226 e. The maximum Gasteiger partial charge on any atom is 0.226 e. The molecule has 2 heterocycles. The lowest BCUT2D eigenvalue weighted by Gasteiger charge is -2.40. The molecule has 1 N–H and O–H groups in total. The van der Waals surface area contributed by atoms with Crippen LogP contribution in [0, 0.1) is 4.77 Å². The third kappa shape index (κ3) is 2.51. The van der Waals surface area contributed by atoms with Crippen molar-refractivity contribution in [2.75, 3.05) is 25.1 Å². The van der Waals surface area contributed by atoms with E-state index in [-0.39, 0.29) is 5.60 Å². The molecule has 0 bridgehead atoms. The molecule has 1 aromatic heterocycles. The fourth-order valence-corrected chi connectivity index (χ4v) is 3.83. The minimum absolute atomic E-state index is 0.0771. The second kappa shape index (κ2) is 5.48. The Morgan fingerprint density at radius 1 is 1.35 bits per heavy atom. The molecule has 3 rings (SSSR count). The van der Waals surface area contributed by atoms with E-state index in [1.165, 1.54) is 25.7 Å². The van der Waals surface area contributed by atoms with Crippen molar-refractivity contribution in [1.82, 2.24) is 14.8 Å². The Balaban J connectivity index is 1.88. The highest BCUT2D eigenvalue weighted by atomic mass is 32.1. The molecule has 1 aromatic rings. The van der Waals surface area contributed by atoms with Gasteiger partial charge < -0.3 is 9.64 Å². The number of aromatic nitrogens is 3. The van der Waals surface area contributed by atoms with E-state index >= 15 is 0 Å². The largest absolute Gasteiger partial charge is 0.377 e. The van der Waals surface area contributed by atoms with Crippen molar-refractivity contribution >= 4 is 18.2 Å². The molecule has 20 heavy (non-hydrogen) atoms. The molecule has 1 aliphatic heterocycles. The van der Waals surface area contributed by atoms with Gasteiger partial charge in [0.1, 0.15) is 0 Å². The number of nitrogens with zero attached hydrogens (tertiary/aromatic N) is 3. The molecular weight excluding hydrogens is 272 g/mol. The minimum atomic E-state index is -0.0771. The van der Waals surface area contributed by atoms with Gasteiger partial charge in [-0.15, -0.1) is 5.10 Å². The van der Waals surface area contributed by atoms with Gasteiger partial charge in [0.05, 0.1) is 5.60 Å². The molecule has 5 nitrogen and oxygen atoms in total. The number of methoxy groups -OCH3 is 1. The average molecular weight is 296 g/mol. The molecule has 6 heteroatoms. The van der Waals surface area contributed by atoms with Crippen molar-refractivity contribution in [3.63, 3.8) is 0 Å². The van der Waals surface area contributed by atoms with Gasteiger partial charge in [0, 0.05) is 26.2 Å². The van der Waals surface area contributed by atoms with Crippen LogP contribution in [0.15, 0.2) is 0 Å². The minimum Gasteiger partial charge on any atom is -0.377 e. The van der Waals surface area contributed by atoms with Crippen LogP contribution in [0.5, 0.6) is 0 Å². The lowest BCUT2D eigenvalue weighted by molar-refractivity contribution is -0.00517. The molecule has 0 radical (unpaired) electrons. The number of H-pyrrole nitrogens is 1. The maximum absolute atomic E-state index is 5.69. The summed E-state index contributed by atoms with van der Waals surface area (Å²) in [5, 5.41) is 7.49. The van der Waals surface area contributed by atoms with Crippen LogP contribution in [0.1, 0.15) is 51.5 Å². The Labute approximate surface area is 125 Å². The number of hydrogen-bond donors (Lipinski definition) is 1. The van der Waals surface area contributed by atoms with Gasteiger partial charge >= 0.3 is 0 Å². The molecule has 2 fully saturated rings. The Morgan fingerprint density at radius 2 is 2.10 bits per heavy atom. The van der Waals surface area contributed by atoms with E-state index < -0.39 is 0 Å². The summed E-state index contributed by atoms with van der Waals surface area (Å²) in [5.41, 5.74) is -0.0771. The number of piperidine rings is 1. The molecule has 0 spiro atoms. The van der Waals surface area contributed by atoms with Crippen molar-refractivity contribution in [1.29, 1.82) is 0 Å². The standard InChI is InChI=1S/C14H24N4OS/c1-14(19-2)8-5-9-17(10-14)12-15-16-13(20)18(12)11-6-3-4-7-11/h11H,3-10H2,1-2H3,(H,16,20). The summed E-state index contributed by atoms with van der Waals surface area (Å²) >= 11 is 5.45. The van der Waals surface area contributed by atoms with Gasteiger partial charge in [0.25, 0.3) is 0 Å². The van der Waals surface area contributed by atoms with Crippen molar-refractivity contribution in [3.8, 4) is 0 Å². The van der Waals surface area contributed by atoms with Crippen LogP contribution in [0.4, 0.5) is 5.95 Å². The molecule has 1 saturated carbocycles. The summed E-state index contributed by atoms with van der Waals surface area (Å²) in [6.07, 6.45) is 7.27. The molecule has 1 aliphatic carbocycles. The lowest BCUT2D eigenvalue weighted by Crippen LogP contribution is -2.48. The second-order valence-electron chi connectivity index (χ2n) is 6.32. The van der Waals surface area contributed by atoms with Crippen LogP contribution in [-0.2, 0) is 4.74 Å². The molecule has 2 aliphatic rings. The van der Waals surface area contributed by atoms with Crippen LogP contribution in [-0.4, -0.2) is 40.6 Å². The van der Waals surface area contributed by atoms with Gasteiger partial charge in [-0.05, 0) is 44.8 Å². The van der Waals surface area contributed by atoms with E-state index in [1.54, 1.807) is 7.11 Å². The van der Waals surface area contributed by atoms with Gasteiger partial charge in [-0.25, -0.2) is 5.10 Å². The summed E-state index contributed by atoms with van der Waals surface area (Å²) in [6.45, 7) is 4.10. The van der Waals surface area contributed by atoms with Gasteiger partial charge in [-0.3, -0.25) is 4.57 Å². The zero-order valence-corrected chi connectivity index (χ0v) is 13.2. The van der Waals surface area contributed by atoms with Crippen molar-refractivity contribution in [2.45, 2.75) is 57.1 Å². The molecule has 1 atom stereocenters. The molecule has 0 amide bonds. The van der Waals surface area contributed by atoms with E-state index in [4.69, 9.17) is 17.0 Å². The van der Waals surface area contributed by atoms with E-state index in [0.29, 0.717) is 6.04 Å². The van der Waals surface area contributed by atoms with E-state index in [9.17, 15) is 0 Å². The van der Waals surface area contributed by atoms with E-state index in [1.807, 2.05) is 0 Å². The van der Waals surface area contributed by atoms with E-state index in [2.05, 4.69) is 26.6 Å². The first-order valence-corrected chi connectivity index (χ1v) is 8.01. The molecule has 1 saturated heterocycles. The second-order valence-corrected chi connectivity index (χ2v) is 6.70. The SMILES string of the molecule is COC1(C)CCCN(c2n[nH]c(=S)n2C2CCCC2)C1. The zero-order valence-electron chi connectivity index (χ0n) is 12.4. The van der Waals surface area contributed by atoms with E-state index in [0.717, 1.165) is 36.7 Å². The fraction of sp³-hybridized carbons (Fsp3) is 0.857. The summed E-state index contributed by atoms with van der Waals surface area (Å²) in [7, 11) is 1.80. The molecule has 1 unspecified atom stereocenters. The number of rotatable bonds is 3. The Hall–Kier alpha value is -0.880. The highest BCUT2D eigenvalue weighted by molar-refractivity contribution is 7.71. The first-order chi connectivity index (χ1) is 9.63. The number of anilines is 1. The first kappa shape index (κ1) is 14.1. The van der Waals surface area contributed by atoms with Crippen LogP contribution >= 0.6 is 12.2 Å². The van der Waals surface area contributed by atoms with Gasteiger partial charge in [0.2, 0.25) is 5.95 Å². The van der Waals surface area contributed by atoms with Crippen molar-refractivity contribution in [3.05, 3.63) is 4.77 Å². The highest BCUT2D eigenvalue weighted by Crippen LogP contribution is 2.34. The number of hydrogen-bond acceptors (Lipinski definition) is 4. The quantitative estimate of drug-likeness (QED) is 0.871. The third-order valence-corrected chi connectivity index (χ3v) is 5.10. The van der Waals surface area contributed by atoms with Crippen LogP contribution in [0.3, 0.4) is 0 Å². The molecule has 0 aromatic carbocycles. The molecule has 112 valence electrons. The Kier molecular flexibility index (Phi) is 3.86. The van der Waals surface area contributed by atoms with Crippen LogP contribution in [0.2, 0.25) is 0 Å². The first-order valence-electron chi connectivity index (χ1n) is 7.60. The van der Waals surface area contributed by atoms with Crippen molar-refractivity contribution in [2.24, 2.45) is 0 Å². The summed E-state index contributed by atoms with van der Waals surface area (Å²) in [6, 6.07) is 0.520. The predicted molar refractivity (Wildman–Crippen MR) is 81.8 cm³/mol. The van der Waals surface area contributed by atoms with Crippen LogP contribution < -0.4 is 4.90 Å². The normalized spacial score (nSPS) is 28.2. The van der Waals surface area contributed by atoms with Crippen molar-refractivity contribution < 1.29 is 4.74 Å².